The molecular formula is C20H16N4O4S. The number of rotatable bonds is 6. The van der Waals surface area contributed by atoms with Gasteiger partial charge in [0.15, 0.2) is 11.5 Å². The zero-order valence-electron chi connectivity index (χ0n) is 15.2. The van der Waals surface area contributed by atoms with Crippen LogP contribution in [0.1, 0.15) is 17.6 Å². The van der Waals surface area contributed by atoms with Crippen LogP contribution in [-0.4, -0.2) is 28.5 Å². The largest absolute Gasteiger partial charge is 0.485 e. The van der Waals surface area contributed by atoms with Gasteiger partial charge < -0.3 is 19.2 Å². The van der Waals surface area contributed by atoms with E-state index in [9.17, 15) is 4.79 Å². The Hall–Kier alpha value is -3.51. The summed E-state index contributed by atoms with van der Waals surface area (Å²) in [5, 5.41) is 19.7. The number of para-hydroxylation sites is 2. The number of aromatic nitrogens is 2. The van der Waals surface area contributed by atoms with Gasteiger partial charge in [-0.3, -0.25) is 4.79 Å². The summed E-state index contributed by atoms with van der Waals surface area (Å²) in [7, 11) is 0. The van der Waals surface area contributed by atoms with Gasteiger partial charge in [0, 0.05) is 5.69 Å². The van der Waals surface area contributed by atoms with Gasteiger partial charge in [-0.05, 0) is 29.8 Å². The highest BCUT2D eigenvalue weighted by Crippen LogP contribution is 2.35. The lowest BCUT2D eigenvalue weighted by molar-refractivity contribution is -0.113. The molecule has 0 saturated carbocycles. The van der Waals surface area contributed by atoms with Crippen molar-refractivity contribution in [2.45, 2.75) is 17.7 Å². The number of nitrogens with zero attached hydrogens (tertiary/aromatic N) is 3. The first-order valence-electron chi connectivity index (χ1n) is 8.81. The molecule has 0 spiro atoms. The number of hydrogen-bond donors (Lipinski definition) is 1. The summed E-state index contributed by atoms with van der Waals surface area (Å²) < 4.78 is 17.1. The molecule has 1 amide bonds. The third-order valence-electron chi connectivity index (χ3n) is 4.05. The highest BCUT2D eigenvalue weighted by atomic mass is 32.2. The van der Waals surface area contributed by atoms with Gasteiger partial charge in [-0.2, -0.15) is 5.26 Å². The highest BCUT2D eigenvalue weighted by molar-refractivity contribution is 7.99. The Morgan fingerprint density at radius 3 is 2.76 bits per heavy atom. The van der Waals surface area contributed by atoms with Crippen molar-refractivity contribution in [3.8, 4) is 17.6 Å². The van der Waals surface area contributed by atoms with Crippen molar-refractivity contribution < 1.29 is 18.7 Å². The molecule has 0 saturated heterocycles. The van der Waals surface area contributed by atoms with Crippen LogP contribution in [0.25, 0.3) is 0 Å². The third-order valence-corrected chi connectivity index (χ3v) is 4.87. The van der Waals surface area contributed by atoms with E-state index in [-0.39, 0.29) is 23.5 Å². The number of nitrogens with one attached hydrogen (secondary N) is 1. The van der Waals surface area contributed by atoms with Crippen molar-refractivity contribution in [3.05, 3.63) is 60.0 Å². The number of amides is 1. The van der Waals surface area contributed by atoms with Gasteiger partial charge in [0.2, 0.25) is 12.0 Å². The Balaban J connectivity index is 1.29. The predicted molar refractivity (Wildman–Crippen MR) is 105 cm³/mol. The minimum atomic E-state index is -0.493. The Bertz CT molecular complexity index is 1050. The highest BCUT2D eigenvalue weighted by Gasteiger charge is 2.27. The molecule has 0 bridgehead atoms. The maximum Gasteiger partial charge on any atom is 0.277 e. The molecule has 1 atom stereocenters. The molecule has 29 heavy (non-hydrogen) atoms. The van der Waals surface area contributed by atoms with Gasteiger partial charge in [0.05, 0.1) is 18.2 Å². The summed E-state index contributed by atoms with van der Waals surface area (Å²) in [6.07, 6.45) is -0.155. The number of carbonyl (C=O) groups excluding carboxylic acids is 1. The average Bonchev–Trinajstić information content (AvgIpc) is 3.23. The van der Waals surface area contributed by atoms with Gasteiger partial charge in [-0.25, -0.2) is 0 Å². The van der Waals surface area contributed by atoms with Crippen LogP contribution in [-0.2, 0) is 11.2 Å². The molecule has 2 heterocycles. The lowest BCUT2D eigenvalue weighted by atomic mass is 10.1. The molecule has 0 radical (unpaired) electrons. The van der Waals surface area contributed by atoms with E-state index in [1.807, 2.05) is 24.3 Å². The molecule has 1 aliphatic rings. The lowest BCUT2D eigenvalue weighted by Crippen LogP contribution is -2.21. The van der Waals surface area contributed by atoms with E-state index < -0.39 is 6.10 Å². The molecule has 4 rings (SSSR count). The minimum absolute atomic E-state index is 0.117. The Morgan fingerprint density at radius 1 is 1.17 bits per heavy atom. The van der Waals surface area contributed by atoms with Gasteiger partial charge in [0.1, 0.15) is 6.61 Å². The Kier molecular flexibility index (Phi) is 5.63. The maximum absolute atomic E-state index is 12.1. The molecule has 146 valence electrons. The molecule has 0 fully saturated rings. The fourth-order valence-corrected chi connectivity index (χ4v) is 3.24. The number of ether oxygens (including phenoxy) is 2. The number of anilines is 1. The van der Waals surface area contributed by atoms with Crippen molar-refractivity contribution >= 4 is 23.4 Å². The fraction of sp³-hybridized carbons (Fsp3) is 0.200. The molecule has 8 nitrogen and oxygen atoms in total. The van der Waals surface area contributed by atoms with E-state index in [0.29, 0.717) is 29.5 Å². The zero-order chi connectivity index (χ0) is 20.1. The quantitative estimate of drug-likeness (QED) is 0.618. The monoisotopic (exact) mass is 408 g/mol. The Morgan fingerprint density at radius 2 is 1.97 bits per heavy atom. The van der Waals surface area contributed by atoms with Crippen molar-refractivity contribution in [3.63, 3.8) is 0 Å². The van der Waals surface area contributed by atoms with Crippen molar-refractivity contribution in [2.75, 3.05) is 17.7 Å². The van der Waals surface area contributed by atoms with Crippen LogP contribution in [0.2, 0.25) is 0 Å². The summed E-state index contributed by atoms with van der Waals surface area (Å²) in [6.45, 7) is 0.269. The number of nitriles is 1. The summed E-state index contributed by atoms with van der Waals surface area (Å²) in [6, 6.07) is 16.6. The first-order valence-corrected chi connectivity index (χ1v) is 9.80. The van der Waals surface area contributed by atoms with Crippen LogP contribution in [0, 0.1) is 11.3 Å². The van der Waals surface area contributed by atoms with Crippen LogP contribution in [0.15, 0.2) is 58.2 Å². The molecule has 1 aliphatic heterocycles. The molecule has 0 unspecified atom stereocenters. The molecular weight excluding hydrogens is 392 g/mol. The summed E-state index contributed by atoms with van der Waals surface area (Å²) >= 11 is 1.14. The zero-order valence-corrected chi connectivity index (χ0v) is 16.0. The average molecular weight is 408 g/mol. The first kappa shape index (κ1) is 18.8. The van der Waals surface area contributed by atoms with E-state index in [1.54, 1.807) is 24.3 Å². The third kappa shape index (κ3) is 4.67. The van der Waals surface area contributed by atoms with Crippen LogP contribution >= 0.6 is 11.8 Å². The maximum atomic E-state index is 12.1. The summed E-state index contributed by atoms with van der Waals surface area (Å²) in [4.78, 5) is 12.1. The van der Waals surface area contributed by atoms with E-state index in [4.69, 9.17) is 19.2 Å². The summed E-state index contributed by atoms with van der Waals surface area (Å²) in [5.41, 5.74) is 1.56. The number of benzene rings is 2. The molecule has 3 aromatic rings. The van der Waals surface area contributed by atoms with Gasteiger partial charge in [-0.1, -0.05) is 36.0 Å². The molecule has 2 aromatic carbocycles. The predicted octanol–water partition coefficient (Wildman–Crippen LogP) is 3.38. The van der Waals surface area contributed by atoms with Crippen molar-refractivity contribution in [1.29, 1.82) is 5.26 Å². The van der Waals surface area contributed by atoms with E-state index in [1.165, 1.54) is 0 Å². The molecule has 1 N–H and O–H groups in total. The number of fused-ring (bicyclic) bond motifs is 1. The SMILES string of the molecule is N#CCc1ccc(NC(=O)CSc2nnc([C@H]3COc4ccccc4O3)o2)cc1. The van der Waals surface area contributed by atoms with Gasteiger partial charge in [0.25, 0.3) is 11.1 Å². The number of thioether (sulfide) groups is 1. The Labute approximate surface area is 170 Å². The topological polar surface area (TPSA) is 110 Å². The van der Waals surface area contributed by atoms with Crippen LogP contribution < -0.4 is 14.8 Å². The standard InChI is InChI=1S/C20H16N4O4S/c21-10-9-13-5-7-14(8-6-13)22-18(25)12-29-20-24-23-19(28-20)17-11-26-15-3-1-2-4-16(15)27-17/h1-8,17H,9,11-12H2,(H,22,25)/t17-/m1/s1. The molecule has 1 aromatic heterocycles. The summed E-state index contributed by atoms with van der Waals surface area (Å²) in [5.74, 6) is 1.52. The van der Waals surface area contributed by atoms with Crippen molar-refractivity contribution in [2.24, 2.45) is 0 Å². The van der Waals surface area contributed by atoms with Gasteiger partial charge >= 0.3 is 0 Å². The second-order valence-electron chi connectivity index (χ2n) is 6.14. The normalized spacial score (nSPS) is 14.8. The smallest absolute Gasteiger partial charge is 0.277 e. The van der Waals surface area contributed by atoms with E-state index in [0.717, 1.165) is 17.3 Å². The second-order valence-corrected chi connectivity index (χ2v) is 7.07. The minimum Gasteiger partial charge on any atom is -0.485 e. The van der Waals surface area contributed by atoms with Crippen molar-refractivity contribution in [1.82, 2.24) is 10.2 Å². The molecule has 9 heteroatoms. The van der Waals surface area contributed by atoms with Crippen LogP contribution in [0.3, 0.4) is 0 Å². The second kappa shape index (κ2) is 8.67. The van der Waals surface area contributed by atoms with Crippen LogP contribution in [0.5, 0.6) is 11.5 Å². The van der Waals surface area contributed by atoms with Gasteiger partial charge in [-0.15, -0.1) is 10.2 Å². The lowest BCUT2D eigenvalue weighted by Gasteiger charge is -2.23. The van der Waals surface area contributed by atoms with E-state index >= 15 is 0 Å². The fourth-order valence-electron chi connectivity index (χ4n) is 2.67. The molecule has 0 aliphatic carbocycles. The van der Waals surface area contributed by atoms with Crippen LogP contribution in [0.4, 0.5) is 5.69 Å². The first-order chi connectivity index (χ1) is 14.2. The number of carbonyl (C=O) groups is 1. The van der Waals surface area contributed by atoms with E-state index in [2.05, 4.69) is 21.6 Å². The number of hydrogen-bond acceptors (Lipinski definition) is 8.